The molecule has 8 heavy (non-hydrogen) atoms. The molecule has 2 N–H and O–H groups in total. The van der Waals surface area contributed by atoms with Crippen LogP contribution in [0.1, 0.15) is 20.8 Å². The molecule has 0 aliphatic rings. The summed E-state index contributed by atoms with van der Waals surface area (Å²) in [5.74, 6) is 0. The van der Waals surface area contributed by atoms with Gasteiger partial charge in [0, 0.05) is 5.54 Å². The molecule has 0 aromatic heterocycles. The van der Waals surface area contributed by atoms with E-state index in [0.29, 0.717) is 0 Å². The van der Waals surface area contributed by atoms with E-state index in [9.17, 15) is 0 Å². The van der Waals surface area contributed by atoms with E-state index in [2.05, 4.69) is 0 Å². The second-order valence-corrected chi connectivity index (χ2v) is 2.37. The van der Waals surface area contributed by atoms with Crippen LogP contribution in [0.15, 0.2) is 0 Å². The van der Waals surface area contributed by atoms with Gasteiger partial charge < -0.3 is 5.73 Å². The van der Waals surface area contributed by atoms with Crippen molar-refractivity contribution in [3.05, 3.63) is 0 Å². The third-order valence-electron chi connectivity index (χ3n) is 0. The van der Waals surface area contributed by atoms with E-state index in [1.54, 1.807) is 0 Å². The Labute approximate surface area is 82.7 Å². The van der Waals surface area contributed by atoms with Crippen molar-refractivity contribution in [1.29, 1.82) is 0 Å². The van der Waals surface area contributed by atoms with Crippen LogP contribution in [0.5, 0.6) is 0 Å². The fraction of sp³-hybridized carbons (Fsp3) is 1.00. The van der Waals surface area contributed by atoms with Crippen LogP contribution >= 0.6 is 50.9 Å². The molecule has 0 atom stereocenters. The lowest BCUT2D eigenvalue weighted by Gasteiger charge is -2.06. The van der Waals surface area contributed by atoms with Crippen LogP contribution in [0.25, 0.3) is 0 Å². The lowest BCUT2D eigenvalue weighted by atomic mass is 10.1. The molecule has 0 saturated carbocycles. The molecule has 0 aliphatic heterocycles. The minimum Gasteiger partial charge on any atom is -0.326 e. The van der Waals surface area contributed by atoms with Crippen LogP contribution in [0, 0.1) is 0 Å². The van der Waals surface area contributed by atoms with Gasteiger partial charge in [0.05, 0.1) is 0 Å². The smallest absolute Gasteiger partial charge is 0.00686 e. The number of hydrogen-bond donors (Lipinski definition) is 1. The topological polar surface area (TPSA) is 26.0 Å². The Morgan fingerprint density at radius 2 is 0.875 bits per heavy atom. The van der Waals surface area contributed by atoms with Crippen LogP contribution in [0.3, 0.4) is 0 Å². The van der Waals surface area contributed by atoms with Gasteiger partial charge in [0.15, 0.2) is 0 Å². The molecular formula is C4H14Br3N. The third-order valence-corrected chi connectivity index (χ3v) is 0. The third kappa shape index (κ3) is 155. The summed E-state index contributed by atoms with van der Waals surface area (Å²) in [6.45, 7) is 5.90. The molecule has 0 heterocycles. The maximum Gasteiger partial charge on any atom is 0.00686 e. The molecule has 0 fully saturated rings. The molecular weight excluding hydrogens is 302 g/mol. The monoisotopic (exact) mass is 313 g/mol. The molecule has 0 aliphatic carbocycles. The van der Waals surface area contributed by atoms with Crippen LogP contribution < -0.4 is 5.73 Å². The zero-order chi connectivity index (χ0) is 4.50. The predicted octanol–water partition coefficient (Wildman–Crippen LogP) is 2.48. The maximum absolute atomic E-state index is 5.35. The van der Waals surface area contributed by atoms with Crippen molar-refractivity contribution in [3.8, 4) is 0 Å². The lowest BCUT2D eigenvalue weighted by Crippen LogP contribution is -2.26. The van der Waals surface area contributed by atoms with Crippen molar-refractivity contribution >= 4 is 50.9 Å². The standard InChI is InChI=1S/C4H11N.3BrH/c1-4(2,3)5;;;/h5H2,1-3H3;3*1H. The Balaban J connectivity index is -0.0000000267. The summed E-state index contributed by atoms with van der Waals surface area (Å²) < 4.78 is 0. The first kappa shape index (κ1) is 22.7. The maximum atomic E-state index is 5.35. The van der Waals surface area contributed by atoms with Crippen LogP contribution in [0.2, 0.25) is 0 Å². The van der Waals surface area contributed by atoms with E-state index < -0.39 is 0 Å². The number of rotatable bonds is 0. The molecule has 0 aromatic rings. The normalized spacial score (nSPS) is 7.50. The minimum atomic E-state index is 0. The van der Waals surface area contributed by atoms with Gasteiger partial charge in [-0.05, 0) is 20.8 Å². The largest absolute Gasteiger partial charge is 0.326 e. The van der Waals surface area contributed by atoms with Crippen molar-refractivity contribution in [2.45, 2.75) is 26.3 Å². The highest BCUT2D eigenvalue weighted by Crippen LogP contribution is 1.88. The zero-order valence-electron chi connectivity index (χ0n) is 5.30. The highest BCUT2D eigenvalue weighted by atomic mass is 79.9. The Bertz CT molecular complexity index is 26.8. The van der Waals surface area contributed by atoms with Gasteiger partial charge >= 0.3 is 0 Å². The SMILES string of the molecule is Br.Br.Br.CC(C)(C)N. The molecule has 0 saturated heterocycles. The van der Waals surface area contributed by atoms with Gasteiger partial charge in [-0.3, -0.25) is 0 Å². The molecule has 0 amide bonds. The first-order valence-electron chi connectivity index (χ1n) is 1.79. The number of nitrogens with two attached hydrogens (primary N) is 1. The first-order chi connectivity index (χ1) is 2.00. The predicted molar refractivity (Wildman–Crippen MR) is 54.9 cm³/mol. The summed E-state index contributed by atoms with van der Waals surface area (Å²) in [4.78, 5) is 0. The van der Waals surface area contributed by atoms with Gasteiger partial charge in [0.1, 0.15) is 0 Å². The summed E-state index contributed by atoms with van der Waals surface area (Å²) >= 11 is 0. The van der Waals surface area contributed by atoms with Gasteiger partial charge in [-0.25, -0.2) is 0 Å². The highest BCUT2D eigenvalue weighted by molar-refractivity contribution is 8.93. The Hall–Kier alpha value is 1.40. The summed E-state index contributed by atoms with van der Waals surface area (Å²) in [5, 5.41) is 0. The minimum absolute atomic E-state index is 0. The summed E-state index contributed by atoms with van der Waals surface area (Å²) in [6.07, 6.45) is 0. The molecule has 0 spiro atoms. The molecule has 56 valence electrons. The Morgan fingerprint density at radius 3 is 0.875 bits per heavy atom. The summed E-state index contributed by atoms with van der Waals surface area (Å²) in [6, 6.07) is 0. The number of halogens is 3. The van der Waals surface area contributed by atoms with Crippen molar-refractivity contribution < 1.29 is 0 Å². The van der Waals surface area contributed by atoms with E-state index in [1.807, 2.05) is 20.8 Å². The van der Waals surface area contributed by atoms with Crippen molar-refractivity contribution in [3.63, 3.8) is 0 Å². The highest BCUT2D eigenvalue weighted by Gasteiger charge is 1.95. The van der Waals surface area contributed by atoms with Crippen molar-refractivity contribution in [1.82, 2.24) is 0 Å². The Kier molecular flexibility index (Phi) is 23.9. The quantitative estimate of drug-likeness (QED) is 0.730. The zero-order valence-corrected chi connectivity index (χ0v) is 10.4. The number of hydrogen-bond acceptors (Lipinski definition) is 1. The van der Waals surface area contributed by atoms with Gasteiger partial charge in [0.2, 0.25) is 0 Å². The van der Waals surface area contributed by atoms with Gasteiger partial charge in [-0.1, -0.05) is 0 Å². The summed E-state index contributed by atoms with van der Waals surface area (Å²) in [7, 11) is 0. The molecule has 0 unspecified atom stereocenters. The molecule has 0 aromatic carbocycles. The average Bonchev–Trinajstić information content (AvgIpc) is 0.722. The average molecular weight is 316 g/mol. The molecule has 0 radical (unpaired) electrons. The first-order valence-corrected chi connectivity index (χ1v) is 1.79. The lowest BCUT2D eigenvalue weighted by molar-refractivity contribution is 0.580. The van der Waals surface area contributed by atoms with Gasteiger partial charge in [-0.15, -0.1) is 50.9 Å². The fourth-order valence-electron chi connectivity index (χ4n) is 0. The van der Waals surface area contributed by atoms with Gasteiger partial charge in [0.25, 0.3) is 0 Å². The Morgan fingerprint density at radius 1 is 0.875 bits per heavy atom. The van der Waals surface area contributed by atoms with Crippen LogP contribution in [-0.2, 0) is 0 Å². The van der Waals surface area contributed by atoms with E-state index >= 15 is 0 Å². The second kappa shape index (κ2) is 8.40. The summed E-state index contributed by atoms with van der Waals surface area (Å²) in [5.41, 5.74) is 5.35. The molecule has 0 rings (SSSR count). The van der Waals surface area contributed by atoms with Crippen LogP contribution in [0.4, 0.5) is 0 Å². The molecule has 1 nitrogen and oxygen atoms in total. The van der Waals surface area contributed by atoms with Gasteiger partial charge in [-0.2, -0.15) is 0 Å². The fourth-order valence-corrected chi connectivity index (χ4v) is 0. The van der Waals surface area contributed by atoms with E-state index in [-0.39, 0.29) is 56.5 Å². The molecule has 4 heteroatoms. The second-order valence-electron chi connectivity index (χ2n) is 2.37. The van der Waals surface area contributed by atoms with Crippen molar-refractivity contribution in [2.75, 3.05) is 0 Å². The van der Waals surface area contributed by atoms with E-state index in [0.717, 1.165) is 0 Å². The molecule has 0 bridgehead atoms. The van der Waals surface area contributed by atoms with Crippen molar-refractivity contribution in [2.24, 2.45) is 5.73 Å². The van der Waals surface area contributed by atoms with E-state index in [4.69, 9.17) is 5.73 Å². The van der Waals surface area contributed by atoms with Crippen LogP contribution in [-0.4, -0.2) is 5.54 Å². The van der Waals surface area contributed by atoms with E-state index in [1.165, 1.54) is 0 Å².